The van der Waals surface area contributed by atoms with Crippen molar-refractivity contribution in [3.05, 3.63) is 12.2 Å². The average Bonchev–Trinajstić information content (AvgIpc) is 2.50. The van der Waals surface area contributed by atoms with Gasteiger partial charge in [-0.1, -0.05) is 51.2 Å². The molecular formula is C18H34O. The third-order valence-electron chi connectivity index (χ3n) is 4.89. The summed E-state index contributed by atoms with van der Waals surface area (Å²) in [5.74, 6) is 2.90. The van der Waals surface area contributed by atoms with Gasteiger partial charge >= 0.3 is 0 Å². The summed E-state index contributed by atoms with van der Waals surface area (Å²) in [5.41, 5.74) is 0. The molecule has 1 N–H and O–H groups in total. The Labute approximate surface area is 120 Å². The molecule has 0 aromatic heterocycles. The second-order valence-corrected chi connectivity index (χ2v) is 6.35. The van der Waals surface area contributed by atoms with Gasteiger partial charge in [0.1, 0.15) is 0 Å². The Morgan fingerprint density at radius 1 is 0.789 bits per heavy atom. The molecular weight excluding hydrogens is 232 g/mol. The molecule has 0 aliphatic heterocycles. The Morgan fingerprint density at radius 3 is 1.84 bits per heavy atom. The van der Waals surface area contributed by atoms with E-state index < -0.39 is 0 Å². The van der Waals surface area contributed by atoms with Gasteiger partial charge in [0.2, 0.25) is 0 Å². The van der Waals surface area contributed by atoms with Crippen molar-refractivity contribution in [3.8, 4) is 0 Å². The molecule has 0 aromatic carbocycles. The minimum atomic E-state index is 0.921. The smallest absolute Gasteiger partial charge is 0.0319 e. The molecule has 0 amide bonds. The molecule has 2 aliphatic rings. The molecule has 19 heavy (non-hydrogen) atoms. The van der Waals surface area contributed by atoms with E-state index in [9.17, 15) is 0 Å². The van der Waals surface area contributed by atoms with Crippen molar-refractivity contribution in [1.82, 2.24) is 0 Å². The molecule has 0 saturated heterocycles. The summed E-state index contributed by atoms with van der Waals surface area (Å²) in [6.07, 6.45) is 21.3. The van der Waals surface area contributed by atoms with E-state index in [2.05, 4.69) is 19.1 Å². The summed E-state index contributed by atoms with van der Waals surface area (Å²) in [6.45, 7) is 2.33. The zero-order valence-electron chi connectivity index (χ0n) is 13.1. The van der Waals surface area contributed by atoms with Crippen molar-refractivity contribution in [1.29, 1.82) is 0 Å². The van der Waals surface area contributed by atoms with Gasteiger partial charge in [0, 0.05) is 7.11 Å². The van der Waals surface area contributed by atoms with E-state index in [0.717, 1.165) is 24.9 Å². The van der Waals surface area contributed by atoms with Gasteiger partial charge in [0.25, 0.3) is 0 Å². The minimum Gasteiger partial charge on any atom is -0.400 e. The molecule has 0 heterocycles. The number of hydrogen-bond acceptors (Lipinski definition) is 1. The van der Waals surface area contributed by atoms with Crippen LogP contribution in [0.25, 0.3) is 0 Å². The number of allylic oxidation sites excluding steroid dienone is 2. The van der Waals surface area contributed by atoms with Gasteiger partial charge in [-0.15, -0.1) is 0 Å². The van der Waals surface area contributed by atoms with Crippen molar-refractivity contribution in [2.45, 2.75) is 77.6 Å². The van der Waals surface area contributed by atoms with Crippen molar-refractivity contribution < 1.29 is 5.11 Å². The summed E-state index contributed by atoms with van der Waals surface area (Å²) in [6, 6.07) is 0. The second-order valence-electron chi connectivity index (χ2n) is 6.35. The van der Waals surface area contributed by atoms with Crippen LogP contribution in [0.15, 0.2) is 12.2 Å². The Kier molecular flexibility index (Phi) is 9.24. The van der Waals surface area contributed by atoms with Crippen LogP contribution in [0.3, 0.4) is 0 Å². The maximum Gasteiger partial charge on any atom is 0.0319 e. The lowest BCUT2D eigenvalue weighted by Crippen LogP contribution is -2.13. The lowest BCUT2D eigenvalue weighted by Gasteiger charge is -2.27. The van der Waals surface area contributed by atoms with Gasteiger partial charge in [0.05, 0.1) is 0 Å². The number of aliphatic hydroxyl groups excluding tert-OH is 1. The molecule has 2 fully saturated rings. The Balaban J connectivity index is 0.000000861. The highest BCUT2D eigenvalue weighted by molar-refractivity contribution is 4.95. The predicted molar refractivity (Wildman–Crippen MR) is 84.2 cm³/mol. The molecule has 0 radical (unpaired) electrons. The monoisotopic (exact) mass is 266 g/mol. The molecule has 2 rings (SSSR count). The van der Waals surface area contributed by atoms with Crippen LogP contribution < -0.4 is 0 Å². The van der Waals surface area contributed by atoms with Crippen molar-refractivity contribution >= 4 is 0 Å². The third-order valence-corrected chi connectivity index (χ3v) is 4.89. The normalized spacial score (nSPS) is 29.0. The van der Waals surface area contributed by atoms with Gasteiger partial charge in [-0.3, -0.25) is 0 Å². The molecule has 0 aromatic rings. The number of rotatable bonds is 4. The van der Waals surface area contributed by atoms with Crippen LogP contribution in [-0.2, 0) is 0 Å². The fraction of sp³-hybridized carbons (Fsp3) is 0.889. The van der Waals surface area contributed by atoms with Crippen LogP contribution in [0, 0.1) is 17.8 Å². The quantitative estimate of drug-likeness (QED) is 0.681. The highest BCUT2D eigenvalue weighted by Gasteiger charge is 2.19. The van der Waals surface area contributed by atoms with E-state index in [1.165, 1.54) is 70.6 Å². The highest BCUT2D eigenvalue weighted by atomic mass is 16.2. The van der Waals surface area contributed by atoms with Crippen molar-refractivity contribution in [2.75, 3.05) is 7.11 Å². The predicted octanol–water partition coefficient (Wildman–Crippen LogP) is 5.34. The molecule has 0 spiro atoms. The largest absolute Gasteiger partial charge is 0.400 e. The van der Waals surface area contributed by atoms with Gasteiger partial charge in [-0.2, -0.15) is 0 Å². The fourth-order valence-corrected chi connectivity index (χ4v) is 3.72. The standard InChI is InChI=1S/C17H30.CH4O/c1-2-6-15-9-12-17(13-10-15)14-11-16-7-4-3-5-8-16;1-2/h11,14-17H,2-10,12-13H2,1H3;2H,1H3/t15-,17-;. The van der Waals surface area contributed by atoms with E-state index in [1.807, 2.05) is 0 Å². The average molecular weight is 266 g/mol. The van der Waals surface area contributed by atoms with Crippen molar-refractivity contribution in [3.63, 3.8) is 0 Å². The van der Waals surface area contributed by atoms with Crippen LogP contribution in [0.2, 0.25) is 0 Å². The summed E-state index contributed by atoms with van der Waals surface area (Å²) in [5, 5.41) is 7.00. The fourth-order valence-electron chi connectivity index (χ4n) is 3.72. The Hall–Kier alpha value is -0.300. The van der Waals surface area contributed by atoms with Gasteiger partial charge in [-0.25, -0.2) is 0 Å². The number of hydrogen-bond donors (Lipinski definition) is 1. The lowest BCUT2D eigenvalue weighted by atomic mass is 9.79. The third kappa shape index (κ3) is 6.61. The Morgan fingerprint density at radius 2 is 1.32 bits per heavy atom. The molecule has 0 bridgehead atoms. The zero-order valence-corrected chi connectivity index (χ0v) is 13.1. The molecule has 0 atom stereocenters. The van der Waals surface area contributed by atoms with Gasteiger partial charge in [-0.05, 0) is 56.3 Å². The molecule has 1 nitrogen and oxygen atoms in total. The summed E-state index contributed by atoms with van der Waals surface area (Å²) in [7, 11) is 1.00. The summed E-state index contributed by atoms with van der Waals surface area (Å²) >= 11 is 0. The molecule has 2 aliphatic carbocycles. The van der Waals surface area contributed by atoms with Crippen LogP contribution in [0.1, 0.15) is 77.6 Å². The van der Waals surface area contributed by atoms with E-state index >= 15 is 0 Å². The van der Waals surface area contributed by atoms with E-state index in [-0.39, 0.29) is 0 Å². The first-order valence-corrected chi connectivity index (χ1v) is 8.51. The van der Waals surface area contributed by atoms with Crippen LogP contribution in [0.5, 0.6) is 0 Å². The van der Waals surface area contributed by atoms with E-state index in [0.29, 0.717) is 0 Å². The first-order valence-electron chi connectivity index (χ1n) is 8.51. The maximum absolute atomic E-state index is 7.00. The van der Waals surface area contributed by atoms with Crippen molar-refractivity contribution in [2.24, 2.45) is 17.8 Å². The molecule has 0 unspecified atom stereocenters. The minimum absolute atomic E-state index is 0.921. The zero-order chi connectivity index (χ0) is 13.9. The number of aliphatic hydroxyl groups is 1. The molecule has 1 heteroatoms. The molecule has 112 valence electrons. The maximum atomic E-state index is 7.00. The summed E-state index contributed by atoms with van der Waals surface area (Å²) in [4.78, 5) is 0. The highest BCUT2D eigenvalue weighted by Crippen LogP contribution is 2.33. The van der Waals surface area contributed by atoms with Gasteiger partial charge in [0.15, 0.2) is 0 Å². The second kappa shape index (κ2) is 10.5. The molecule has 2 saturated carbocycles. The SMILES string of the molecule is CCC[C@H]1CC[C@H](C=CC2CCCCC2)CC1.CO. The topological polar surface area (TPSA) is 20.2 Å². The summed E-state index contributed by atoms with van der Waals surface area (Å²) < 4.78 is 0. The van der Waals surface area contributed by atoms with Crippen LogP contribution in [0.4, 0.5) is 0 Å². The lowest BCUT2D eigenvalue weighted by molar-refractivity contribution is 0.293. The van der Waals surface area contributed by atoms with Crippen LogP contribution in [-0.4, -0.2) is 12.2 Å². The van der Waals surface area contributed by atoms with Crippen LogP contribution >= 0.6 is 0 Å². The Bertz CT molecular complexity index is 220. The van der Waals surface area contributed by atoms with E-state index in [4.69, 9.17) is 5.11 Å². The first kappa shape index (κ1) is 16.8. The van der Waals surface area contributed by atoms with E-state index in [1.54, 1.807) is 0 Å². The van der Waals surface area contributed by atoms with Gasteiger partial charge < -0.3 is 5.11 Å². The first-order chi connectivity index (χ1) is 9.38.